The molecule has 0 fully saturated rings. The van der Waals surface area contributed by atoms with E-state index in [4.69, 9.17) is 5.11 Å². The SMILES string of the molecule is CC(=O)CCC(=O)NCC(C)O. The van der Waals surface area contributed by atoms with Crippen LogP contribution in [0.5, 0.6) is 0 Å². The first-order valence-electron chi connectivity index (χ1n) is 3.96. The third kappa shape index (κ3) is 7.21. The van der Waals surface area contributed by atoms with E-state index in [1.807, 2.05) is 0 Å². The van der Waals surface area contributed by atoms with E-state index in [9.17, 15) is 9.59 Å². The zero-order chi connectivity index (χ0) is 9.56. The summed E-state index contributed by atoms with van der Waals surface area (Å²) in [5, 5.41) is 11.3. The van der Waals surface area contributed by atoms with E-state index in [1.54, 1.807) is 6.92 Å². The van der Waals surface area contributed by atoms with Crippen molar-refractivity contribution in [2.45, 2.75) is 32.8 Å². The van der Waals surface area contributed by atoms with Gasteiger partial charge in [-0.25, -0.2) is 0 Å². The Balaban J connectivity index is 3.40. The molecule has 0 bridgehead atoms. The minimum atomic E-state index is -0.536. The van der Waals surface area contributed by atoms with E-state index in [0.29, 0.717) is 0 Å². The molecule has 70 valence electrons. The van der Waals surface area contributed by atoms with Crippen LogP contribution in [0.25, 0.3) is 0 Å². The number of hydrogen-bond acceptors (Lipinski definition) is 3. The summed E-state index contributed by atoms with van der Waals surface area (Å²) < 4.78 is 0. The van der Waals surface area contributed by atoms with Crippen molar-refractivity contribution in [2.24, 2.45) is 0 Å². The van der Waals surface area contributed by atoms with Crippen LogP contribution in [0.1, 0.15) is 26.7 Å². The topological polar surface area (TPSA) is 66.4 Å². The lowest BCUT2D eigenvalue weighted by Gasteiger charge is -2.05. The maximum atomic E-state index is 10.9. The molecule has 2 N–H and O–H groups in total. The number of carbonyl (C=O) groups is 2. The highest BCUT2D eigenvalue weighted by atomic mass is 16.3. The number of hydrogen-bond donors (Lipinski definition) is 2. The first-order valence-corrected chi connectivity index (χ1v) is 3.96. The number of nitrogens with one attached hydrogen (secondary N) is 1. The molecule has 0 aliphatic rings. The van der Waals surface area contributed by atoms with Gasteiger partial charge >= 0.3 is 0 Å². The predicted molar refractivity (Wildman–Crippen MR) is 44.6 cm³/mol. The third-order valence-electron chi connectivity index (χ3n) is 1.30. The Kier molecular flexibility index (Phi) is 5.28. The molecule has 0 saturated heterocycles. The first-order chi connectivity index (χ1) is 5.52. The number of ketones is 1. The summed E-state index contributed by atoms with van der Waals surface area (Å²) in [7, 11) is 0. The molecule has 0 rings (SSSR count). The molecule has 4 nitrogen and oxygen atoms in total. The normalized spacial score (nSPS) is 12.2. The molecule has 0 saturated carbocycles. The van der Waals surface area contributed by atoms with Crippen molar-refractivity contribution < 1.29 is 14.7 Å². The maximum absolute atomic E-state index is 10.9. The summed E-state index contributed by atoms with van der Waals surface area (Å²) in [6, 6.07) is 0. The zero-order valence-electron chi connectivity index (χ0n) is 7.46. The lowest BCUT2D eigenvalue weighted by molar-refractivity contribution is -0.124. The summed E-state index contributed by atoms with van der Waals surface area (Å²) in [6.07, 6.45) is -0.0560. The minimum absolute atomic E-state index is 0.00203. The van der Waals surface area contributed by atoms with Crippen LogP contribution in [0, 0.1) is 0 Å². The molecule has 1 unspecified atom stereocenters. The molecule has 0 aliphatic heterocycles. The number of carbonyl (C=O) groups excluding carboxylic acids is 2. The highest BCUT2D eigenvalue weighted by Gasteiger charge is 2.03. The van der Waals surface area contributed by atoms with E-state index in [2.05, 4.69) is 5.32 Å². The number of rotatable bonds is 5. The fourth-order valence-corrected chi connectivity index (χ4v) is 0.639. The first kappa shape index (κ1) is 11.1. The smallest absolute Gasteiger partial charge is 0.220 e. The van der Waals surface area contributed by atoms with E-state index >= 15 is 0 Å². The van der Waals surface area contributed by atoms with Crippen molar-refractivity contribution in [1.82, 2.24) is 5.32 Å². The number of aliphatic hydroxyl groups excluding tert-OH is 1. The second-order valence-corrected chi connectivity index (χ2v) is 2.86. The number of amides is 1. The van der Waals surface area contributed by atoms with Crippen molar-refractivity contribution in [3.8, 4) is 0 Å². The molecule has 0 heterocycles. The molecule has 0 aromatic carbocycles. The van der Waals surface area contributed by atoms with Crippen LogP contribution in [0.4, 0.5) is 0 Å². The van der Waals surface area contributed by atoms with E-state index in [0.717, 1.165) is 0 Å². The van der Waals surface area contributed by atoms with Gasteiger partial charge in [-0.1, -0.05) is 0 Å². The molecule has 0 aromatic heterocycles. The van der Waals surface area contributed by atoms with Gasteiger partial charge in [0.15, 0.2) is 0 Å². The Hall–Kier alpha value is -0.900. The van der Waals surface area contributed by atoms with Gasteiger partial charge in [-0.05, 0) is 13.8 Å². The Bertz CT molecular complexity index is 166. The van der Waals surface area contributed by atoms with Gasteiger partial charge < -0.3 is 15.2 Å². The lowest BCUT2D eigenvalue weighted by atomic mass is 10.2. The van der Waals surface area contributed by atoms with Crippen LogP contribution >= 0.6 is 0 Å². The van der Waals surface area contributed by atoms with Gasteiger partial charge in [0.2, 0.25) is 5.91 Å². The van der Waals surface area contributed by atoms with Crippen LogP contribution < -0.4 is 5.32 Å². The van der Waals surface area contributed by atoms with Gasteiger partial charge in [0.05, 0.1) is 6.10 Å². The molecule has 0 aromatic rings. The fourth-order valence-electron chi connectivity index (χ4n) is 0.639. The summed E-state index contributed by atoms with van der Waals surface area (Å²) in [4.78, 5) is 21.3. The van der Waals surface area contributed by atoms with Gasteiger partial charge in [-0.15, -0.1) is 0 Å². The average Bonchev–Trinajstić information content (AvgIpc) is 1.96. The molecule has 1 atom stereocenters. The molecular weight excluding hydrogens is 158 g/mol. The second kappa shape index (κ2) is 5.71. The predicted octanol–water partition coefficient (Wildman–Crippen LogP) is -0.147. The highest BCUT2D eigenvalue weighted by molar-refractivity contribution is 5.83. The summed E-state index contributed by atoms with van der Waals surface area (Å²) in [5.74, 6) is -0.187. The molecule has 1 amide bonds. The molecule has 0 radical (unpaired) electrons. The number of Topliss-reactive ketones (excluding diaryl/α,β-unsaturated/α-hetero) is 1. The van der Waals surface area contributed by atoms with Gasteiger partial charge in [0, 0.05) is 19.4 Å². The van der Waals surface area contributed by atoms with Crippen molar-refractivity contribution in [1.29, 1.82) is 0 Å². The molecule has 0 aliphatic carbocycles. The Morgan fingerprint density at radius 3 is 2.42 bits per heavy atom. The average molecular weight is 173 g/mol. The van der Waals surface area contributed by atoms with Gasteiger partial charge in [0.25, 0.3) is 0 Å². The number of aliphatic hydroxyl groups is 1. The molecule has 0 spiro atoms. The van der Waals surface area contributed by atoms with Crippen LogP contribution in [0.3, 0.4) is 0 Å². The second-order valence-electron chi connectivity index (χ2n) is 2.86. The van der Waals surface area contributed by atoms with E-state index in [-0.39, 0.29) is 31.1 Å². The van der Waals surface area contributed by atoms with Crippen molar-refractivity contribution >= 4 is 11.7 Å². The van der Waals surface area contributed by atoms with Crippen molar-refractivity contribution in [2.75, 3.05) is 6.54 Å². The van der Waals surface area contributed by atoms with Gasteiger partial charge in [-0.3, -0.25) is 4.79 Å². The van der Waals surface area contributed by atoms with Crippen LogP contribution in [-0.4, -0.2) is 29.4 Å². The standard InChI is InChI=1S/C8H15NO3/c1-6(10)3-4-8(12)9-5-7(2)11/h7,11H,3-5H2,1-2H3,(H,9,12). The van der Waals surface area contributed by atoms with Crippen LogP contribution in [0.15, 0.2) is 0 Å². The molecular formula is C8H15NO3. The van der Waals surface area contributed by atoms with E-state index < -0.39 is 6.10 Å². The maximum Gasteiger partial charge on any atom is 0.220 e. The zero-order valence-corrected chi connectivity index (χ0v) is 7.46. The third-order valence-corrected chi connectivity index (χ3v) is 1.30. The minimum Gasteiger partial charge on any atom is -0.392 e. The van der Waals surface area contributed by atoms with Gasteiger partial charge in [-0.2, -0.15) is 0 Å². The van der Waals surface area contributed by atoms with Crippen LogP contribution in [-0.2, 0) is 9.59 Å². The summed E-state index contributed by atoms with van der Waals surface area (Å²) in [5.41, 5.74) is 0. The lowest BCUT2D eigenvalue weighted by Crippen LogP contribution is -2.30. The largest absolute Gasteiger partial charge is 0.392 e. The van der Waals surface area contributed by atoms with Crippen molar-refractivity contribution in [3.63, 3.8) is 0 Å². The Morgan fingerprint density at radius 2 is 2.00 bits per heavy atom. The summed E-state index contributed by atoms with van der Waals surface area (Å²) in [6.45, 7) is 3.28. The Morgan fingerprint density at radius 1 is 1.42 bits per heavy atom. The quantitative estimate of drug-likeness (QED) is 0.607. The highest BCUT2D eigenvalue weighted by Crippen LogP contribution is 1.89. The van der Waals surface area contributed by atoms with Crippen LogP contribution in [0.2, 0.25) is 0 Å². The fraction of sp³-hybridized carbons (Fsp3) is 0.750. The van der Waals surface area contributed by atoms with Crippen molar-refractivity contribution in [3.05, 3.63) is 0 Å². The van der Waals surface area contributed by atoms with Gasteiger partial charge in [0.1, 0.15) is 5.78 Å². The van der Waals surface area contributed by atoms with E-state index in [1.165, 1.54) is 6.92 Å². The molecule has 12 heavy (non-hydrogen) atoms. The monoisotopic (exact) mass is 173 g/mol. The summed E-state index contributed by atoms with van der Waals surface area (Å²) >= 11 is 0. The molecule has 4 heteroatoms. The Labute approximate surface area is 72.0 Å².